The number of carbonyl (C=O) groups excluding carboxylic acids is 2. The Hall–Kier alpha value is -2.75. The summed E-state index contributed by atoms with van der Waals surface area (Å²) in [6, 6.07) is 11.1. The highest BCUT2D eigenvalue weighted by atomic mass is 79.9. The van der Waals surface area contributed by atoms with Gasteiger partial charge in [0.25, 0.3) is 0 Å². The van der Waals surface area contributed by atoms with Crippen LogP contribution in [0, 0.1) is 17.8 Å². The van der Waals surface area contributed by atoms with Gasteiger partial charge in [-0.1, -0.05) is 60.2 Å². The number of likely N-dealkylation sites (tertiary alicyclic amines) is 1. The van der Waals surface area contributed by atoms with Crippen LogP contribution >= 0.6 is 15.9 Å². The quantitative estimate of drug-likeness (QED) is 0.186. The van der Waals surface area contributed by atoms with Crippen molar-refractivity contribution in [2.75, 3.05) is 0 Å². The van der Waals surface area contributed by atoms with Crippen molar-refractivity contribution in [3.8, 4) is 5.75 Å². The smallest absolute Gasteiger partial charge is 0.455 e. The predicted molar refractivity (Wildman–Crippen MR) is 171 cm³/mol. The fraction of sp³-hybridized carbons (Fsp3) is 0.500. The van der Waals surface area contributed by atoms with E-state index in [1.165, 1.54) is 5.57 Å². The van der Waals surface area contributed by atoms with E-state index in [1.807, 2.05) is 30.3 Å². The highest BCUT2D eigenvalue weighted by Crippen LogP contribution is 2.52. The third-order valence-corrected chi connectivity index (χ3v) is 10.3. The lowest BCUT2D eigenvalue weighted by Crippen LogP contribution is -2.46. The molecule has 3 heterocycles. The topological polar surface area (TPSA) is 100.0 Å². The van der Waals surface area contributed by atoms with Gasteiger partial charge in [-0.05, 0) is 98.3 Å². The monoisotopic (exact) mass is 646 g/mol. The molecule has 1 aromatic heterocycles. The van der Waals surface area contributed by atoms with E-state index in [9.17, 15) is 19.7 Å². The number of fused-ring (bicyclic) bond motifs is 3. The second-order valence-electron chi connectivity index (χ2n) is 12.5. The molecule has 0 radical (unpaired) electrons. The van der Waals surface area contributed by atoms with Gasteiger partial charge in [-0.3, -0.25) is 19.5 Å². The van der Waals surface area contributed by atoms with E-state index in [0.717, 1.165) is 66.3 Å². The second kappa shape index (κ2) is 13.1. The maximum Gasteiger partial charge on any atom is 0.455 e. The predicted octanol–water partition coefficient (Wildman–Crippen LogP) is 6.80. The molecule has 4 aliphatic rings. The second-order valence-corrected chi connectivity index (χ2v) is 13.4. The lowest BCUT2D eigenvalue weighted by Gasteiger charge is -2.43. The van der Waals surface area contributed by atoms with E-state index in [4.69, 9.17) is 4.65 Å². The van der Waals surface area contributed by atoms with E-state index in [2.05, 4.69) is 27.8 Å². The summed E-state index contributed by atoms with van der Waals surface area (Å²) in [5.74, 6) is -0.808. The fourth-order valence-electron chi connectivity index (χ4n) is 7.97. The summed E-state index contributed by atoms with van der Waals surface area (Å²) in [7, 11) is -0.997. The van der Waals surface area contributed by atoms with Gasteiger partial charge in [0.15, 0.2) is 0 Å². The third kappa shape index (κ3) is 6.13. The van der Waals surface area contributed by atoms with Crippen molar-refractivity contribution in [2.45, 2.75) is 89.6 Å². The highest BCUT2D eigenvalue weighted by Gasteiger charge is 2.58. The average molecular weight is 647 g/mol. The van der Waals surface area contributed by atoms with Crippen LogP contribution in [-0.2, 0) is 14.2 Å². The first-order valence-electron chi connectivity index (χ1n) is 15.9. The van der Waals surface area contributed by atoms with Crippen molar-refractivity contribution in [3.05, 3.63) is 69.5 Å². The van der Waals surface area contributed by atoms with Gasteiger partial charge in [0.2, 0.25) is 11.8 Å². The minimum atomic E-state index is -0.997. The molecule has 0 bridgehead atoms. The maximum atomic E-state index is 14.0. The van der Waals surface area contributed by atoms with Gasteiger partial charge >= 0.3 is 7.12 Å². The minimum Gasteiger partial charge on any atom is -0.507 e. The fourth-order valence-corrected chi connectivity index (χ4v) is 8.35. The molecule has 2 N–H and O–H groups in total. The van der Waals surface area contributed by atoms with Crippen molar-refractivity contribution in [1.29, 1.82) is 0 Å². The summed E-state index contributed by atoms with van der Waals surface area (Å²) < 4.78 is 7.11. The Labute approximate surface area is 262 Å². The van der Waals surface area contributed by atoms with E-state index >= 15 is 0 Å². The van der Waals surface area contributed by atoms with Crippen LogP contribution < -0.4 is 0 Å². The van der Waals surface area contributed by atoms with E-state index in [-0.39, 0.29) is 41.5 Å². The average Bonchev–Trinajstić information content (AvgIpc) is 3.26. The summed E-state index contributed by atoms with van der Waals surface area (Å²) in [6.45, 7) is 2.14. The zero-order valence-electron chi connectivity index (χ0n) is 24.8. The normalized spacial score (nSPS) is 26.6. The first-order chi connectivity index (χ1) is 20.9. The number of benzene rings is 1. The molecular formula is C34H40BBrN2O5. The molecule has 1 aromatic carbocycles. The number of amides is 2. The number of aromatic nitrogens is 1. The number of nitrogens with zero attached hydrogens (tertiary/aromatic N) is 2. The van der Waals surface area contributed by atoms with Crippen molar-refractivity contribution < 1.29 is 24.4 Å². The Kier molecular flexibility index (Phi) is 9.22. The van der Waals surface area contributed by atoms with Gasteiger partial charge in [0, 0.05) is 22.3 Å². The van der Waals surface area contributed by atoms with Crippen molar-refractivity contribution in [3.63, 3.8) is 0 Å². The number of halogens is 1. The van der Waals surface area contributed by atoms with Gasteiger partial charge in [-0.25, -0.2) is 0 Å². The number of imide groups is 1. The van der Waals surface area contributed by atoms with Crippen molar-refractivity contribution in [1.82, 2.24) is 9.88 Å². The molecular weight excluding hydrogens is 607 g/mol. The number of hydrogen-bond donors (Lipinski definition) is 2. The van der Waals surface area contributed by atoms with Crippen LogP contribution in [0.4, 0.5) is 0 Å². The first-order valence-corrected chi connectivity index (χ1v) is 16.7. The van der Waals surface area contributed by atoms with Crippen LogP contribution in [0.2, 0.25) is 6.32 Å². The zero-order chi connectivity index (χ0) is 30.1. The molecule has 2 saturated heterocycles. The van der Waals surface area contributed by atoms with E-state index < -0.39 is 13.0 Å². The van der Waals surface area contributed by atoms with Gasteiger partial charge in [-0.2, -0.15) is 0 Å². The standard InChI is InChI=1S/C34H40BBrN2O5/c1-2-8-22-19-26-32(34(41)38(33(26)40)25-9-4-3-5-10-25)27-20-35(42)43-30(31(22)27)15-12-21(28-11-6-7-16-37-28)17-23-18-24(36)13-14-29(23)39/h6-7,11,13-14,16-18,25-27,30,32,39,42H,2-5,8-10,12,15,19-20H2,1H3/b21-17-/t26-,27+,30-,32-/m1/s1. The Balaban J connectivity index is 1.32. The summed E-state index contributed by atoms with van der Waals surface area (Å²) in [5, 5.41) is 21.6. The number of hydrogen-bond acceptors (Lipinski definition) is 6. The maximum absolute atomic E-state index is 14.0. The highest BCUT2D eigenvalue weighted by molar-refractivity contribution is 9.10. The molecule has 7 nitrogen and oxygen atoms in total. The van der Waals surface area contributed by atoms with E-state index in [0.29, 0.717) is 31.1 Å². The summed E-state index contributed by atoms with van der Waals surface area (Å²) in [5.41, 5.74) is 4.79. The van der Waals surface area contributed by atoms with Crippen molar-refractivity contribution in [2.24, 2.45) is 17.8 Å². The number of phenolic OH excluding ortho intramolecular Hbond substituents is 1. The minimum absolute atomic E-state index is 0.00119. The van der Waals surface area contributed by atoms with Crippen LogP contribution in [0.3, 0.4) is 0 Å². The largest absolute Gasteiger partial charge is 0.507 e. The lowest BCUT2D eigenvalue weighted by atomic mass is 9.58. The molecule has 3 fully saturated rings. The number of phenols is 1. The summed E-state index contributed by atoms with van der Waals surface area (Å²) >= 11 is 3.51. The molecule has 43 heavy (non-hydrogen) atoms. The number of rotatable bonds is 8. The van der Waals surface area contributed by atoms with Gasteiger partial charge in [0.1, 0.15) is 5.75 Å². The molecule has 2 aromatic rings. The van der Waals surface area contributed by atoms with Crippen LogP contribution in [0.25, 0.3) is 11.6 Å². The third-order valence-electron chi connectivity index (χ3n) is 9.82. The Morgan fingerprint density at radius 2 is 1.95 bits per heavy atom. The van der Waals surface area contributed by atoms with Crippen LogP contribution in [0.5, 0.6) is 5.75 Å². The first kappa shape index (κ1) is 30.3. The molecule has 2 amide bonds. The van der Waals surface area contributed by atoms with Gasteiger partial charge < -0.3 is 14.8 Å². The van der Waals surface area contributed by atoms with Crippen LogP contribution in [0.15, 0.2) is 58.2 Å². The Bertz CT molecular complexity index is 1420. The number of carbonyl (C=O) groups is 2. The summed E-state index contributed by atoms with van der Waals surface area (Å²) in [6.07, 6.45) is 12.3. The SMILES string of the molecule is CCCC1=C2[C@@H](CC/C(=C/c3cc(Br)ccc3O)c3ccccn3)OB(O)C[C@@H]2[C@@H]2C(=O)N(C3CCCCC3)C(=O)[C@@H]2C1. The molecule has 1 saturated carbocycles. The number of pyridine rings is 1. The Morgan fingerprint density at radius 3 is 2.70 bits per heavy atom. The molecule has 0 spiro atoms. The Morgan fingerprint density at radius 1 is 1.14 bits per heavy atom. The molecule has 0 unspecified atom stereocenters. The molecule has 6 rings (SSSR count). The van der Waals surface area contributed by atoms with Gasteiger partial charge in [0.05, 0.1) is 23.6 Å². The number of aromatic hydroxyl groups is 1. The molecule has 9 heteroatoms. The van der Waals surface area contributed by atoms with Crippen LogP contribution in [-0.4, -0.2) is 51.1 Å². The molecule has 4 atom stereocenters. The van der Waals surface area contributed by atoms with Gasteiger partial charge in [-0.15, -0.1) is 0 Å². The zero-order valence-corrected chi connectivity index (χ0v) is 26.3. The molecule has 226 valence electrons. The molecule has 2 aliphatic heterocycles. The number of allylic oxidation sites excluding steroid dienone is 2. The molecule has 2 aliphatic carbocycles. The van der Waals surface area contributed by atoms with Crippen LogP contribution in [0.1, 0.15) is 82.4 Å². The summed E-state index contributed by atoms with van der Waals surface area (Å²) in [4.78, 5) is 34.0. The van der Waals surface area contributed by atoms with Crippen molar-refractivity contribution >= 4 is 46.5 Å². The lowest BCUT2D eigenvalue weighted by molar-refractivity contribution is -0.143. The van der Waals surface area contributed by atoms with E-state index in [1.54, 1.807) is 23.2 Å².